The number of rotatable bonds is 7. The maximum atomic E-state index is 9.86. The minimum Gasteiger partial charge on any atom is -0.390 e. The van der Waals surface area contributed by atoms with Crippen LogP contribution >= 0.6 is 0 Å². The van der Waals surface area contributed by atoms with E-state index in [0.717, 1.165) is 19.5 Å². The zero-order valence-electron chi connectivity index (χ0n) is 11.9. The molecule has 0 rings (SSSR count). The summed E-state index contributed by atoms with van der Waals surface area (Å²) in [5.41, 5.74) is 0.255. The molecule has 0 aromatic carbocycles. The van der Waals surface area contributed by atoms with Gasteiger partial charge in [-0.3, -0.25) is 0 Å². The average Bonchev–Trinajstić information content (AvgIpc) is 2.15. The van der Waals surface area contributed by atoms with Gasteiger partial charge in [0.05, 0.1) is 6.10 Å². The molecular weight excluding hydrogens is 200 g/mol. The number of hydrogen-bond donors (Lipinski definition) is 2. The van der Waals surface area contributed by atoms with Gasteiger partial charge in [-0.25, -0.2) is 0 Å². The summed E-state index contributed by atoms with van der Waals surface area (Å²) in [5.74, 6) is 0. The quantitative estimate of drug-likeness (QED) is 0.654. The number of hydrogen-bond acceptors (Lipinski definition) is 3. The molecule has 0 heterocycles. The van der Waals surface area contributed by atoms with E-state index >= 15 is 0 Å². The highest BCUT2D eigenvalue weighted by atomic mass is 16.3. The maximum absolute atomic E-state index is 9.86. The molecule has 0 saturated carbocycles. The largest absolute Gasteiger partial charge is 0.390 e. The Morgan fingerprint density at radius 2 is 1.88 bits per heavy atom. The molecule has 0 amide bonds. The van der Waals surface area contributed by atoms with Crippen molar-refractivity contribution in [3.05, 3.63) is 0 Å². The van der Waals surface area contributed by atoms with Gasteiger partial charge in [0.15, 0.2) is 0 Å². The molecule has 0 aromatic rings. The third-order valence-electron chi connectivity index (χ3n) is 3.22. The number of aliphatic hydroxyl groups excluding tert-OH is 1. The summed E-state index contributed by atoms with van der Waals surface area (Å²) < 4.78 is 0. The summed E-state index contributed by atoms with van der Waals surface area (Å²) in [4.78, 5) is 2.23. The molecule has 2 unspecified atom stereocenters. The fourth-order valence-electron chi connectivity index (χ4n) is 1.66. The molecule has 0 aliphatic rings. The highest BCUT2D eigenvalue weighted by molar-refractivity contribution is 4.79. The first-order valence-electron chi connectivity index (χ1n) is 6.38. The van der Waals surface area contributed by atoms with Crippen molar-refractivity contribution < 1.29 is 5.11 Å². The normalized spacial score (nSPS) is 16.5. The van der Waals surface area contributed by atoms with Gasteiger partial charge in [0.1, 0.15) is 0 Å². The second-order valence-corrected chi connectivity index (χ2v) is 5.84. The number of nitrogens with zero attached hydrogens (tertiary/aromatic N) is 1. The van der Waals surface area contributed by atoms with Crippen molar-refractivity contribution >= 4 is 0 Å². The topological polar surface area (TPSA) is 35.5 Å². The summed E-state index contributed by atoms with van der Waals surface area (Å²) in [6.45, 7) is 13.4. The van der Waals surface area contributed by atoms with E-state index in [1.807, 2.05) is 0 Å². The molecule has 16 heavy (non-hydrogen) atoms. The molecule has 0 radical (unpaired) electrons. The molecule has 98 valence electrons. The van der Waals surface area contributed by atoms with Crippen molar-refractivity contribution in [2.24, 2.45) is 5.41 Å². The van der Waals surface area contributed by atoms with Crippen LogP contribution in [-0.4, -0.2) is 48.8 Å². The Balaban J connectivity index is 3.90. The Kier molecular flexibility index (Phi) is 7.20. The third-order valence-corrected chi connectivity index (χ3v) is 3.22. The standard InChI is InChI=1S/C13H30N2O/c1-7-8-14-9-12(16)10-15(6)11(2)13(3,4)5/h11-12,14,16H,7-10H2,1-6H3. The van der Waals surface area contributed by atoms with Crippen molar-refractivity contribution in [2.75, 3.05) is 26.7 Å². The minimum atomic E-state index is -0.277. The van der Waals surface area contributed by atoms with Gasteiger partial charge in [0.2, 0.25) is 0 Å². The lowest BCUT2D eigenvalue weighted by atomic mass is 9.87. The smallest absolute Gasteiger partial charge is 0.0791 e. The van der Waals surface area contributed by atoms with Crippen LogP contribution in [0.25, 0.3) is 0 Å². The van der Waals surface area contributed by atoms with Crippen molar-refractivity contribution in [3.8, 4) is 0 Å². The van der Waals surface area contributed by atoms with Gasteiger partial charge in [-0.1, -0.05) is 27.7 Å². The van der Waals surface area contributed by atoms with Crippen LogP contribution in [0.2, 0.25) is 0 Å². The van der Waals surface area contributed by atoms with Gasteiger partial charge in [-0.05, 0) is 32.4 Å². The Morgan fingerprint density at radius 1 is 1.31 bits per heavy atom. The zero-order chi connectivity index (χ0) is 12.8. The van der Waals surface area contributed by atoms with E-state index in [4.69, 9.17) is 0 Å². The van der Waals surface area contributed by atoms with E-state index < -0.39 is 0 Å². The van der Waals surface area contributed by atoms with E-state index in [0.29, 0.717) is 12.6 Å². The monoisotopic (exact) mass is 230 g/mol. The lowest BCUT2D eigenvalue weighted by Crippen LogP contribution is -2.45. The lowest BCUT2D eigenvalue weighted by molar-refractivity contribution is 0.0716. The van der Waals surface area contributed by atoms with E-state index in [1.165, 1.54) is 0 Å². The van der Waals surface area contributed by atoms with Gasteiger partial charge in [0, 0.05) is 19.1 Å². The van der Waals surface area contributed by atoms with Crippen LogP contribution in [0.15, 0.2) is 0 Å². The molecule has 0 bridgehead atoms. The minimum absolute atomic E-state index is 0.255. The predicted octanol–water partition coefficient (Wildman–Crippen LogP) is 1.71. The summed E-state index contributed by atoms with van der Waals surface area (Å²) in [7, 11) is 2.08. The second kappa shape index (κ2) is 7.25. The molecule has 0 aliphatic carbocycles. The highest BCUT2D eigenvalue weighted by Crippen LogP contribution is 2.22. The van der Waals surface area contributed by atoms with Crippen LogP contribution in [0.3, 0.4) is 0 Å². The Hall–Kier alpha value is -0.120. The van der Waals surface area contributed by atoms with Crippen molar-refractivity contribution in [2.45, 2.75) is 53.2 Å². The molecule has 0 aromatic heterocycles. The van der Waals surface area contributed by atoms with Crippen LogP contribution in [0, 0.1) is 5.41 Å². The van der Waals surface area contributed by atoms with Gasteiger partial charge >= 0.3 is 0 Å². The van der Waals surface area contributed by atoms with Crippen molar-refractivity contribution in [1.82, 2.24) is 10.2 Å². The SMILES string of the molecule is CCCNCC(O)CN(C)C(C)C(C)(C)C. The molecule has 2 N–H and O–H groups in total. The molecular formula is C13H30N2O. The average molecular weight is 230 g/mol. The fourth-order valence-corrected chi connectivity index (χ4v) is 1.66. The highest BCUT2D eigenvalue weighted by Gasteiger charge is 2.24. The van der Waals surface area contributed by atoms with Gasteiger partial charge in [-0.2, -0.15) is 0 Å². The Labute approximate surface area is 101 Å². The van der Waals surface area contributed by atoms with E-state index in [9.17, 15) is 5.11 Å². The van der Waals surface area contributed by atoms with Crippen molar-refractivity contribution in [1.29, 1.82) is 0 Å². The number of likely N-dealkylation sites (N-methyl/N-ethyl adjacent to an activating group) is 1. The second-order valence-electron chi connectivity index (χ2n) is 5.84. The fraction of sp³-hybridized carbons (Fsp3) is 1.00. The number of nitrogens with one attached hydrogen (secondary N) is 1. The first-order valence-corrected chi connectivity index (χ1v) is 6.38. The Bertz CT molecular complexity index is 177. The molecule has 0 fully saturated rings. The molecule has 3 heteroatoms. The molecule has 0 saturated heterocycles. The molecule has 0 spiro atoms. The summed E-state index contributed by atoms with van der Waals surface area (Å²) in [6.07, 6.45) is 0.836. The van der Waals surface area contributed by atoms with Crippen molar-refractivity contribution in [3.63, 3.8) is 0 Å². The van der Waals surface area contributed by atoms with Crippen LogP contribution in [-0.2, 0) is 0 Å². The van der Waals surface area contributed by atoms with Gasteiger partial charge in [0.25, 0.3) is 0 Å². The first kappa shape index (κ1) is 15.9. The third kappa shape index (κ3) is 6.46. The maximum Gasteiger partial charge on any atom is 0.0791 e. The first-order chi connectivity index (χ1) is 7.29. The van der Waals surface area contributed by atoms with Gasteiger partial charge < -0.3 is 15.3 Å². The van der Waals surface area contributed by atoms with E-state index in [-0.39, 0.29) is 11.5 Å². The summed E-state index contributed by atoms with van der Waals surface area (Å²) in [6, 6.07) is 0.466. The van der Waals surface area contributed by atoms with E-state index in [2.05, 4.69) is 51.9 Å². The molecule has 2 atom stereocenters. The predicted molar refractivity (Wildman–Crippen MR) is 70.7 cm³/mol. The lowest BCUT2D eigenvalue weighted by Gasteiger charge is -2.36. The van der Waals surface area contributed by atoms with E-state index in [1.54, 1.807) is 0 Å². The molecule has 0 aliphatic heterocycles. The Morgan fingerprint density at radius 3 is 2.31 bits per heavy atom. The number of aliphatic hydroxyl groups is 1. The van der Waals surface area contributed by atoms with Crippen LogP contribution in [0.1, 0.15) is 41.0 Å². The summed E-state index contributed by atoms with van der Waals surface area (Å²) >= 11 is 0. The van der Waals surface area contributed by atoms with Crippen LogP contribution < -0.4 is 5.32 Å². The molecule has 3 nitrogen and oxygen atoms in total. The van der Waals surface area contributed by atoms with Gasteiger partial charge in [-0.15, -0.1) is 0 Å². The van der Waals surface area contributed by atoms with Crippen LogP contribution in [0.4, 0.5) is 0 Å². The van der Waals surface area contributed by atoms with Crippen LogP contribution in [0.5, 0.6) is 0 Å². The summed E-state index contributed by atoms with van der Waals surface area (Å²) in [5, 5.41) is 13.1. The zero-order valence-corrected chi connectivity index (χ0v) is 11.9.